The van der Waals surface area contributed by atoms with E-state index in [4.69, 9.17) is 0 Å². The van der Waals surface area contributed by atoms with Crippen molar-refractivity contribution in [2.75, 3.05) is 4.90 Å². The molecule has 0 radical (unpaired) electrons. The highest BCUT2D eigenvalue weighted by Crippen LogP contribution is 2.51. The van der Waals surface area contributed by atoms with Crippen molar-refractivity contribution in [2.45, 2.75) is 6.92 Å². The smallest absolute Gasteiger partial charge is 0.130 e. The van der Waals surface area contributed by atoms with Crippen molar-refractivity contribution in [1.29, 1.82) is 10.5 Å². The minimum absolute atomic E-state index is 0.0996. The quantitative estimate of drug-likeness (QED) is 0.248. The van der Waals surface area contributed by atoms with Gasteiger partial charge in [-0.1, -0.05) is 72.3 Å². The minimum atomic E-state index is 0.0996. The Morgan fingerprint density at radius 1 is 0.667 bits per heavy atom. The summed E-state index contributed by atoms with van der Waals surface area (Å²) in [7, 11) is 0. The average Bonchev–Trinajstić information content (AvgIpc) is 3.24. The van der Waals surface area contributed by atoms with Crippen LogP contribution in [0.4, 0.5) is 17.1 Å². The number of hydrogen-bond acceptors (Lipinski definition) is 3. The van der Waals surface area contributed by atoms with Gasteiger partial charge in [-0.15, -0.1) is 0 Å². The Morgan fingerprint density at radius 3 is 2.11 bits per heavy atom. The van der Waals surface area contributed by atoms with Crippen LogP contribution < -0.4 is 4.90 Å². The fourth-order valence-corrected chi connectivity index (χ4v) is 5.10. The molecule has 5 aromatic carbocycles. The summed E-state index contributed by atoms with van der Waals surface area (Å²) in [6, 6.07) is 40.0. The summed E-state index contributed by atoms with van der Waals surface area (Å²) in [5.41, 5.74) is 10.2. The molecule has 1 aliphatic carbocycles. The molecule has 0 saturated heterocycles. The van der Waals surface area contributed by atoms with E-state index in [1.807, 2.05) is 24.3 Å². The molecule has 0 atom stereocenters. The van der Waals surface area contributed by atoms with Crippen molar-refractivity contribution in [2.24, 2.45) is 0 Å². The van der Waals surface area contributed by atoms with Crippen LogP contribution in [-0.4, -0.2) is 0 Å². The van der Waals surface area contributed by atoms with Gasteiger partial charge in [0.15, 0.2) is 0 Å². The molecule has 0 aliphatic heterocycles. The lowest BCUT2D eigenvalue weighted by Gasteiger charge is -2.27. The van der Waals surface area contributed by atoms with Crippen molar-refractivity contribution >= 4 is 33.9 Å². The Hall–Kier alpha value is -5.12. The summed E-state index contributed by atoms with van der Waals surface area (Å²) in [6.07, 6.45) is 1.64. The molecule has 0 bridgehead atoms. The van der Waals surface area contributed by atoms with Crippen LogP contribution in [0.2, 0.25) is 0 Å². The highest BCUT2D eigenvalue weighted by atomic mass is 15.1. The van der Waals surface area contributed by atoms with Crippen LogP contribution in [0.3, 0.4) is 0 Å². The average molecular weight is 460 g/mol. The molecule has 168 valence electrons. The molecule has 0 fully saturated rings. The molecule has 0 saturated carbocycles. The number of nitrogens with zero attached hydrogens (tertiary/aromatic N) is 3. The third-order valence-electron chi connectivity index (χ3n) is 6.74. The van der Waals surface area contributed by atoms with Crippen molar-refractivity contribution in [3.8, 4) is 34.4 Å². The lowest BCUT2D eigenvalue weighted by molar-refractivity contribution is 1.29. The molecule has 5 aromatic rings. The maximum absolute atomic E-state index is 9.19. The van der Waals surface area contributed by atoms with Crippen LogP contribution in [0.5, 0.6) is 0 Å². The molecule has 0 aromatic heterocycles. The van der Waals surface area contributed by atoms with Gasteiger partial charge in [-0.05, 0) is 82.6 Å². The van der Waals surface area contributed by atoms with Crippen LogP contribution in [0.25, 0.3) is 39.1 Å². The Balaban J connectivity index is 1.57. The lowest BCUT2D eigenvalue weighted by atomic mass is 10.00. The number of nitriles is 2. The summed E-state index contributed by atoms with van der Waals surface area (Å²) in [4.78, 5) is 2.31. The first-order valence-electron chi connectivity index (χ1n) is 11.8. The number of para-hydroxylation sites is 1. The highest BCUT2D eigenvalue weighted by Gasteiger charge is 2.25. The van der Waals surface area contributed by atoms with Crippen molar-refractivity contribution in [3.63, 3.8) is 0 Å². The van der Waals surface area contributed by atoms with Gasteiger partial charge in [-0.2, -0.15) is 10.5 Å². The van der Waals surface area contributed by atoms with Crippen LogP contribution in [0, 0.1) is 29.6 Å². The topological polar surface area (TPSA) is 50.8 Å². The largest absolute Gasteiger partial charge is 0.310 e. The second-order valence-electron chi connectivity index (χ2n) is 8.95. The zero-order chi connectivity index (χ0) is 24.6. The molecule has 1 aliphatic rings. The van der Waals surface area contributed by atoms with Gasteiger partial charge in [0.05, 0.1) is 5.69 Å². The Bertz CT molecular complexity index is 1730. The molecule has 6 rings (SSSR count). The van der Waals surface area contributed by atoms with E-state index in [1.165, 1.54) is 33.0 Å². The second-order valence-corrected chi connectivity index (χ2v) is 8.95. The monoisotopic (exact) mass is 459 g/mol. The molecule has 3 nitrogen and oxygen atoms in total. The Labute approximate surface area is 210 Å². The first-order chi connectivity index (χ1) is 17.7. The summed E-state index contributed by atoms with van der Waals surface area (Å²) >= 11 is 0. The normalized spacial score (nSPS) is 10.9. The molecular weight excluding hydrogens is 438 g/mol. The van der Waals surface area contributed by atoms with E-state index in [1.54, 1.807) is 6.08 Å². The second kappa shape index (κ2) is 8.58. The van der Waals surface area contributed by atoms with E-state index in [0.717, 1.165) is 28.2 Å². The van der Waals surface area contributed by atoms with Crippen LogP contribution >= 0.6 is 0 Å². The molecule has 0 heterocycles. The standard InChI is InChI=1S/C33H21N3/c1-22-10-13-26(14-11-22)36(25-6-3-2-4-7-25)32-17-16-29-27-15-12-23(18-24(20-34)21-35)19-31(27)28-8-5-9-30(32)33(28)29/h2-19H,1H3. The van der Waals surface area contributed by atoms with E-state index >= 15 is 0 Å². The minimum Gasteiger partial charge on any atom is -0.310 e. The summed E-state index contributed by atoms with van der Waals surface area (Å²) in [5, 5.41) is 20.8. The van der Waals surface area contributed by atoms with Crippen LogP contribution in [0.1, 0.15) is 11.1 Å². The van der Waals surface area contributed by atoms with Gasteiger partial charge in [0.2, 0.25) is 0 Å². The molecule has 0 amide bonds. The summed E-state index contributed by atoms with van der Waals surface area (Å²) < 4.78 is 0. The number of fused-ring (bicyclic) bond motifs is 3. The zero-order valence-corrected chi connectivity index (χ0v) is 19.7. The number of rotatable bonds is 4. The van der Waals surface area contributed by atoms with Gasteiger partial charge in [0.25, 0.3) is 0 Å². The molecule has 0 unspecified atom stereocenters. The van der Waals surface area contributed by atoms with Gasteiger partial charge < -0.3 is 4.90 Å². The van der Waals surface area contributed by atoms with Crippen molar-refractivity contribution in [1.82, 2.24) is 0 Å². The summed E-state index contributed by atoms with van der Waals surface area (Å²) in [5.74, 6) is 0. The third-order valence-corrected chi connectivity index (χ3v) is 6.74. The third kappa shape index (κ3) is 3.43. The number of benzene rings is 5. The van der Waals surface area contributed by atoms with E-state index in [9.17, 15) is 10.5 Å². The molecule has 36 heavy (non-hydrogen) atoms. The first-order valence-corrected chi connectivity index (χ1v) is 11.8. The van der Waals surface area contributed by atoms with Gasteiger partial charge >= 0.3 is 0 Å². The molecule has 0 N–H and O–H groups in total. The number of anilines is 3. The number of aryl methyl sites for hydroxylation is 1. The van der Waals surface area contributed by atoms with Crippen LogP contribution in [0.15, 0.2) is 109 Å². The molecule has 3 heteroatoms. The Kier molecular flexibility index (Phi) is 5.11. The molecular formula is C33H21N3. The fraction of sp³-hybridized carbons (Fsp3) is 0.0303. The maximum Gasteiger partial charge on any atom is 0.130 e. The first kappa shape index (κ1) is 21.4. The van der Waals surface area contributed by atoms with Crippen molar-refractivity contribution in [3.05, 3.63) is 120 Å². The number of allylic oxidation sites excluding steroid dienone is 1. The van der Waals surface area contributed by atoms with Gasteiger partial charge in [-0.25, -0.2) is 0 Å². The predicted molar refractivity (Wildman–Crippen MR) is 147 cm³/mol. The Morgan fingerprint density at radius 2 is 1.36 bits per heavy atom. The van der Waals surface area contributed by atoms with E-state index in [2.05, 4.69) is 103 Å². The number of hydrogen-bond donors (Lipinski definition) is 0. The van der Waals surface area contributed by atoms with Gasteiger partial charge in [0.1, 0.15) is 17.7 Å². The zero-order valence-electron chi connectivity index (χ0n) is 19.7. The fourth-order valence-electron chi connectivity index (χ4n) is 5.10. The molecule has 0 spiro atoms. The van der Waals surface area contributed by atoms with Gasteiger partial charge in [-0.3, -0.25) is 0 Å². The van der Waals surface area contributed by atoms with E-state index in [0.29, 0.717) is 0 Å². The van der Waals surface area contributed by atoms with Crippen LogP contribution in [-0.2, 0) is 0 Å². The highest BCUT2D eigenvalue weighted by molar-refractivity contribution is 6.19. The van der Waals surface area contributed by atoms with Crippen molar-refractivity contribution < 1.29 is 0 Å². The summed E-state index contributed by atoms with van der Waals surface area (Å²) in [6.45, 7) is 2.10. The van der Waals surface area contributed by atoms with E-state index in [-0.39, 0.29) is 5.57 Å². The predicted octanol–water partition coefficient (Wildman–Crippen LogP) is 8.70. The van der Waals surface area contributed by atoms with Gasteiger partial charge in [0, 0.05) is 16.8 Å². The SMILES string of the molecule is Cc1ccc(N(c2ccccc2)c2ccc3c4c(cccc24)-c2cc(C=C(C#N)C#N)ccc2-3)cc1. The van der Waals surface area contributed by atoms with E-state index < -0.39 is 0 Å². The lowest BCUT2D eigenvalue weighted by Crippen LogP contribution is -2.10. The maximum atomic E-state index is 9.19.